The van der Waals surface area contributed by atoms with Crippen LogP contribution in [0.15, 0.2) is 48.5 Å². The number of likely N-dealkylation sites (tertiary alicyclic amines) is 1. The molecule has 1 saturated heterocycles. The van der Waals surface area contributed by atoms with Gasteiger partial charge in [-0.3, -0.25) is 9.59 Å². The second kappa shape index (κ2) is 9.42. The highest BCUT2D eigenvalue weighted by Crippen LogP contribution is 2.44. The lowest BCUT2D eigenvalue weighted by Crippen LogP contribution is -2.50. The molecule has 0 aromatic heterocycles. The van der Waals surface area contributed by atoms with Crippen LogP contribution in [0, 0.1) is 0 Å². The van der Waals surface area contributed by atoms with Crippen molar-refractivity contribution in [1.82, 2.24) is 10.2 Å². The van der Waals surface area contributed by atoms with E-state index < -0.39 is 18.1 Å². The number of carbonyl (C=O) groups excluding carboxylic acids is 2. The molecule has 7 heteroatoms. The Labute approximate surface area is 187 Å². The molecule has 7 nitrogen and oxygen atoms in total. The molecule has 2 amide bonds. The third-order valence-electron chi connectivity index (χ3n) is 6.42. The van der Waals surface area contributed by atoms with E-state index in [1.807, 2.05) is 43.3 Å². The van der Waals surface area contributed by atoms with Gasteiger partial charge in [0.15, 0.2) is 0 Å². The summed E-state index contributed by atoms with van der Waals surface area (Å²) in [6.07, 6.45) is 0.929. The number of nitrogens with zero attached hydrogens (tertiary/aromatic N) is 1. The van der Waals surface area contributed by atoms with Crippen molar-refractivity contribution >= 4 is 18.0 Å². The molecule has 168 valence electrons. The maximum absolute atomic E-state index is 13.0. The zero-order chi connectivity index (χ0) is 22.7. The first-order chi connectivity index (χ1) is 15.5. The zero-order valence-electron chi connectivity index (χ0n) is 18.1. The van der Waals surface area contributed by atoms with Crippen molar-refractivity contribution in [1.29, 1.82) is 0 Å². The van der Waals surface area contributed by atoms with Crippen molar-refractivity contribution in [3.63, 3.8) is 0 Å². The molecule has 2 N–H and O–H groups in total. The summed E-state index contributed by atoms with van der Waals surface area (Å²) in [5.41, 5.74) is 4.47. The van der Waals surface area contributed by atoms with E-state index in [9.17, 15) is 14.4 Å². The van der Waals surface area contributed by atoms with Gasteiger partial charge in [0.2, 0.25) is 5.91 Å². The van der Waals surface area contributed by atoms with Crippen LogP contribution in [0.3, 0.4) is 0 Å². The monoisotopic (exact) mass is 436 g/mol. The lowest BCUT2D eigenvalue weighted by molar-refractivity contribution is -0.138. The molecular weight excluding hydrogens is 408 g/mol. The van der Waals surface area contributed by atoms with Gasteiger partial charge < -0.3 is 20.1 Å². The fourth-order valence-corrected chi connectivity index (χ4v) is 4.77. The number of hydrogen-bond acceptors (Lipinski definition) is 4. The summed E-state index contributed by atoms with van der Waals surface area (Å²) in [5, 5.41) is 11.7. The Morgan fingerprint density at radius 1 is 1.09 bits per heavy atom. The first kappa shape index (κ1) is 21.9. The van der Waals surface area contributed by atoms with Crippen molar-refractivity contribution in [2.75, 3.05) is 13.2 Å². The van der Waals surface area contributed by atoms with E-state index in [0.29, 0.717) is 6.54 Å². The number of aliphatic carboxylic acids is 1. The first-order valence-electron chi connectivity index (χ1n) is 11.1. The molecule has 0 spiro atoms. The number of carbonyl (C=O) groups is 3. The van der Waals surface area contributed by atoms with E-state index in [0.717, 1.165) is 35.1 Å². The van der Waals surface area contributed by atoms with Crippen molar-refractivity contribution in [3.8, 4) is 11.1 Å². The van der Waals surface area contributed by atoms with Crippen LogP contribution in [0.2, 0.25) is 0 Å². The maximum atomic E-state index is 13.0. The summed E-state index contributed by atoms with van der Waals surface area (Å²) in [4.78, 5) is 38.4. The Bertz CT molecular complexity index is 975. The molecule has 1 heterocycles. The van der Waals surface area contributed by atoms with Gasteiger partial charge in [-0.2, -0.15) is 0 Å². The lowest BCUT2D eigenvalue weighted by Gasteiger charge is -2.27. The van der Waals surface area contributed by atoms with E-state index in [1.54, 1.807) is 4.90 Å². The van der Waals surface area contributed by atoms with E-state index in [2.05, 4.69) is 17.4 Å². The third-order valence-corrected chi connectivity index (χ3v) is 6.42. The summed E-state index contributed by atoms with van der Waals surface area (Å²) >= 11 is 0. The number of rotatable bonds is 7. The Morgan fingerprint density at radius 2 is 1.72 bits per heavy atom. The van der Waals surface area contributed by atoms with E-state index >= 15 is 0 Å². The zero-order valence-corrected chi connectivity index (χ0v) is 18.1. The first-order valence-corrected chi connectivity index (χ1v) is 11.1. The largest absolute Gasteiger partial charge is 0.481 e. The van der Waals surface area contributed by atoms with Gasteiger partial charge in [-0.05, 0) is 48.4 Å². The second-order valence-electron chi connectivity index (χ2n) is 8.48. The minimum Gasteiger partial charge on any atom is -0.481 e. The van der Waals surface area contributed by atoms with Gasteiger partial charge in [-0.15, -0.1) is 0 Å². The number of fused-ring (bicyclic) bond motifs is 3. The summed E-state index contributed by atoms with van der Waals surface area (Å²) < 4.78 is 5.55. The fraction of sp³-hybridized carbons (Fsp3) is 0.400. The quantitative estimate of drug-likeness (QED) is 0.689. The highest BCUT2D eigenvalue weighted by Gasteiger charge is 2.33. The third kappa shape index (κ3) is 4.47. The topological polar surface area (TPSA) is 95.9 Å². The highest BCUT2D eigenvalue weighted by atomic mass is 16.5. The number of alkyl carbamates (subject to hydrolysis) is 1. The van der Waals surface area contributed by atoms with E-state index in [4.69, 9.17) is 9.84 Å². The van der Waals surface area contributed by atoms with E-state index in [1.165, 1.54) is 0 Å². The standard InChI is InChI=1S/C25H28N2O5/c1-16-7-6-14-27(16)24(30)22(12-13-23(28)29)26-25(31)32-15-21-19-10-4-2-8-17(19)18-9-3-5-11-20(18)21/h2-5,8-11,16,21-22H,6-7,12-15H2,1H3,(H,26,31)(H,28,29). The lowest BCUT2D eigenvalue weighted by atomic mass is 9.98. The van der Waals surface area contributed by atoms with Crippen LogP contribution in [0.4, 0.5) is 4.79 Å². The molecule has 0 saturated carbocycles. The number of carboxylic acids is 1. The fourth-order valence-electron chi connectivity index (χ4n) is 4.77. The highest BCUT2D eigenvalue weighted by molar-refractivity contribution is 5.86. The van der Waals surface area contributed by atoms with Crippen LogP contribution in [0.25, 0.3) is 11.1 Å². The molecule has 0 radical (unpaired) electrons. The number of hydrogen-bond donors (Lipinski definition) is 2. The van der Waals surface area contributed by atoms with Crippen LogP contribution in [-0.4, -0.2) is 53.2 Å². The van der Waals surface area contributed by atoms with Gasteiger partial charge in [0.05, 0.1) is 0 Å². The number of carboxylic acid groups (broad SMARTS) is 1. The van der Waals surface area contributed by atoms with Gasteiger partial charge >= 0.3 is 12.1 Å². The molecule has 32 heavy (non-hydrogen) atoms. The van der Waals surface area contributed by atoms with Crippen LogP contribution in [-0.2, 0) is 14.3 Å². The van der Waals surface area contributed by atoms with Gasteiger partial charge in [-0.25, -0.2) is 4.79 Å². The molecule has 0 bridgehead atoms. The maximum Gasteiger partial charge on any atom is 0.407 e. The minimum atomic E-state index is -1.01. The predicted molar refractivity (Wildman–Crippen MR) is 119 cm³/mol. The number of benzene rings is 2. The summed E-state index contributed by atoms with van der Waals surface area (Å²) in [7, 11) is 0. The van der Waals surface area contributed by atoms with Gasteiger partial charge in [0.25, 0.3) is 0 Å². The average molecular weight is 437 g/mol. The average Bonchev–Trinajstić information content (AvgIpc) is 3.36. The summed E-state index contributed by atoms with van der Waals surface area (Å²) in [6, 6.07) is 15.3. The minimum absolute atomic E-state index is 0.0293. The van der Waals surface area contributed by atoms with Crippen molar-refractivity contribution in [2.24, 2.45) is 0 Å². The molecule has 1 aliphatic carbocycles. The van der Waals surface area contributed by atoms with Gasteiger partial charge in [-0.1, -0.05) is 48.5 Å². The predicted octanol–water partition coefficient (Wildman–Crippen LogP) is 3.77. The Balaban J connectivity index is 1.43. The van der Waals surface area contributed by atoms with Crippen molar-refractivity contribution in [2.45, 2.75) is 50.6 Å². The number of amides is 2. The molecule has 1 aliphatic heterocycles. The van der Waals surface area contributed by atoms with Crippen LogP contribution in [0.1, 0.15) is 49.7 Å². The van der Waals surface area contributed by atoms with E-state index in [-0.39, 0.29) is 37.3 Å². The molecule has 2 unspecified atom stereocenters. The van der Waals surface area contributed by atoms with Gasteiger partial charge in [0.1, 0.15) is 12.6 Å². The Hall–Kier alpha value is -3.35. The van der Waals surface area contributed by atoms with Crippen molar-refractivity contribution in [3.05, 3.63) is 59.7 Å². The molecule has 1 fully saturated rings. The van der Waals surface area contributed by atoms with Crippen molar-refractivity contribution < 1.29 is 24.2 Å². The Kier molecular flexibility index (Phi) is 6.44. The smallest absolute Gasteiger partial charge is 0.407 e. The van der Waals surface area contributed by atoms with Crippen LogP contribution >= 0.6 is 0 Å². The second-order valence-corrected chi connectivity index (χ2v) is 8.48. The molecule has 2 aromatic rings. The molecular formula is C25H28N2O5. The SMILES string of the molecule is CC1CCCN1C(=O)C(CCC(=O)O)NC(=O)OCC1c2ccccc2-c2ccccc21. The molecule has 2 aliphatic rings. The number of ether oxygens (including phenoxy) is 1. The number of nitrogens with one attached hydrogen (secondary N) is 1. The van der Waals surface area contributed by atoms with Crippen LogP contribution < -0.4 is 5.32 Å². The summed E-state index contributed by atoms with van der Waals surface area (Å²) in [5.74, 6) is -1.34. The Morgan fingerprint density at radius 3 is 2.28 bits per heavy atom. The van der Waals surface area contributed by atoms with Crippen LogP contribution in [0.5, 0.6) is 0 Å². The summed E-state index contributed by atoms with van der Waals surface area (Å²) in [6.45, 7) is 2.72. The molecule has 2 aromatic carbocycles. The normalized spacial score (nSPS) is 18.0. The molecule has 2 atom stereocenters. The molecule has 4 rings (SSSR count). The van der Waals surface area contributed by atoms with Gasteiger partial charge in [0, 0.05) is 24.9 Å².